The Bertz CT molecular complexity index is 441. The minimum Gasteiger partial charge on any atom is -0.351 e. The van der Waals surface area contributed by atoms with Gasteiger partial charge in [0.2, 0.25) is 0 Å². The fraction of sp³-hybridized carbons (Fsp3) is 0.500. The Kier molecular flexibility index (Phi) is 6.27. The lowest BCUT2D eigenvalue weighted by Crippen LogP contribution is -2.38. The van der Waals surface area contributed by atoms with Crippen molar-refractivity contribution in [3.63, 3.8) is 0 Å². The lowest BCUT2D eigenvalue weighted by molar-refractivity contribution is 0.0931. The number of nitrogens with one attached hydrogen (secondary N) is 1. The van der Waals surface area contributed by atoms with Crippen molar-refractivity contribution in [3.05, 3.63) is 34.1 Å². The summed E-state index contributed by atoms with van der Waals surface area (Å²) in [7, 11) is 0. The van der Waals surface area contributed by atoms with E-state index in [1.54, 1.807) is 0 Å². The molecule has 1 aromatic rings. The molecule has 19 heavy (non-hydrogen) atoms. The molecule has 0 saturated heterocycles. The van der Waals surface area contributed by atoms with E-state index in [4.69, 9.17) is 11.6 Å². The molecule has 0 heterocycles. The maximum absolute atomic E-state index is 13.1. The van der Waals surface area contributed by atoms with Crippen LogP contribution in [0.2, 0.25) is 0 Å². The molecule has 1 amide bonds. The van der Waals surface area contributed by atoms with Crippen molar-refractivity contribution in [1.82, 2.24) is 5.32 Å². The third-order valence-electron chi connectivity index (χ3n) is 3.59. The van der Waals surface area contributed by atoms with Gasteiger partial charge >= 0.3 is 0 Å². The maximum Gasteiger partial charge on any atom is 0.251 e. The second kappa shape index (κ2) is 7.25. The normalized spacial score (nSPS) is 11.4. The zero-order valence-corrected chi connectivity index (χ0v) is 13.4. The predicted molar refractivity (Wildman–Crippen MR) is 80.2 cm³/mol. The topological polar surface area (TPSA) is 29.1 Å². The second-order valence-electron chi connectivity index (χ2n) is 4.65. The van der Waals surface area contributed by atoms with E-state index in [-0.39, 0.29) is 21.6 Å². The van der Waals surface area contributed by atoms with Crippen molar-refractivity contribution in [2.24, 2.45) is 5.41 Å². The van der Waals surface area contributed by atoms with Gasteiger partial charge in [0.1, 0.15) is 5.82 Å². The molecule has 0 saturated carbocycles. The molecule has 0 radical (unpaired) electrons. The van der Waals surface area contributed by atoms with Crippen LogP contribution in [0, 0.1) is 11.2 Å². The van der Waals surface area contributed by atoms with Crippen molar-refractivity contribution in [1.29, 1.82) is 0 Å². The summed E-state index contributed by atoms with van der Waals surface area (Å²) in [4.78, 5) is 12.0. The molecular formula is C14H18BrClFNO. The lowest BCUT2D eigenvalue weighted by atomic mass is 9.84. The van der Waals surface area contributed by atoms with Gasteiger partial charge in [-0.25, -0.2) is 4.39 Å². The molecule has 0 fully saturated rings. The van der Waals surface area contributed by atoms with E-state index in [0.717, 1.165) is 12.8 Å². The van der Waals surface area contributed by atoms with Crippen LogP contribution in [0.1, 0.15) is 37.0 Å². The van der Waals surface area contributed by atoms with Crippen LogP contribution in [0.15, 0.2) is 22.7 Å². The van der Waals surface area contributed by atoms with E-state index in [2.05, 4.69) is 35.1 Å². The van der Waals surface area contributed by atoms with Crippen molar-refractivity contribution >= 4 is 33.4 Å². The summed E-state index contributed by atoms with van der Waals surface area (Å²) in [6.07, 6.45) is 1.81. The molecule has 1 aromatic carbocycles. The summed E-state index contributed by atoms with van der Waals surface area (Å²) in [6.45, 7) is 4.65. The molecule has 0 bridgehead atoms. The maximum atomic E-state index is 13.1. The third-order valence-corrected chi connectivity index (χ3v) is 4.76. The average Bonchev–Trinajstić information content (AvgIpc) is 2.43. The van der Waals surface area contributed by atoms with Crippen LogP contribution in [0.25, 0.3) is 0 Å². The van der Waals surface area contributed by atoms with Gasteiger partial charge in [-0.3, -0.25) is 4.79 Å². The highest BCUT2D eigenvalue weighted by molar-refractivity contribution is 9.10. The lowest BCUT2D eigenvalue weighted by Gasteiger charge is -2.29. The minimum absolute atomic E-state index is 0.0749. The van der Waals surface area contributed by atoms with E-state index in [1.807, 2.05) is 0 Å². The zero-order valence-electron chi connectivity index (χ0n) is 11.1. The van der Waals surface area contributed by atoms with Gasteiger partial charge in [-0.2, -0.15) is 0 Å². The van der Waals surface area contributed by atoms with Crippen LogP contribution in [0.5, 0.6) is 0 Å². The van der Waals surface area contributed by atoms with Gasteiger partial charge in [-0.1, -0.05) is 13.8 Å². The monoisotopic (exact) mass is 349 g/mol. The minimum atomic E-state index is -0.381. The summed E-state index contributed by atoms with van der Waals surface area (Å²) in [5.74, 6) is -0.0845. The standard InChI is InChI=1S/C14H18BrClFNO/c1-3-14(4-2,8-16)9-18-13(19)10-5-6-12(17)11(15)7-10/h5-7H,3-4,8-9H2,1-2H3,(H,18,19). The molecule has 0 atom stereocenters. The Morgan fingerprint density at radius 2 is 2.05 bits per heavy atom. The Morgan fingerprint density at radius 1 is 1.42 bits per heavy atom. The smallest absolute Gasteiger partial charge is 0.251 e. The predicted octanol–water partition coefficient (Wildman–Crippen LogP) is 4.36. The summed E-state index contributed by atoms with van der Waals surface area (Å²) in [5.41, 5.74) is 0.359. The number of carbonyl (C=O) groups is 1. The molecule has 2 nitrogen and oxygen atoms in total. The molecule has 0 aliphatic carbocycles. The third kappa shape index (κ3) is 4.18. The Hall–Kier alpha value is -0.610. The number of hydrogen-bond acceptors (Lipinski definition) is 1. The second-order valence-corrected chi connectivity index (χ2v) is 5.77. The van der Waals surface area contributed by atoms with E-state index < -0.39 is 0 Å². The molecule has 0 spiro atoms. The molecule has 0 aromatic heterocycles. The van der Waals surface area contributed by atoms with Gasteiger partial charge in [-0.05, 0) is 47.0 Å². The summed E-state index contributed by atoms with van der Waals surface area (Å²) in [5, 5.41) is 2.87. The van der Waals surface area contributed by atoms with Gasteiger partial charge in [0, 0.05) is 23.4 Å². The quantitative estimate of drug-likeness (QED) is 0.759. The number of benzene rings is 1. The summed E-state index contributed by atoms with van der Waals surface area (Å²) < 4.78 is 13.4. The van der Waals surface area contributed by atoms with E-state index in [0.29, 0.717) is 18.0 Å². The Morgan fingerprint density at radius 3 is 2.53 bits per heavy atom. The van der Waals surface area contributed by atoms with Gasteiger partial charge in [-0.15, -0.1) is 11.6 Å². The highest BCUT2D eigenvalue weighted by Gasteiger charge is 2.25. The Labute approximate surface area is 126 Å². The van der Waals surface area contributed by atoms with Gasteiger partial charge < -0.3 is 5.32 Å². The van der Waals surface area contributed by atoms with Gasteiger partial charge in [0.05, 0.1) is 4.47 Å². The average molecular weight is 351 g/mol. The van der Waals surface area contributed by atoms with Crippen LogP contribution in [0.4, 0.5) is 4.39 Å². The van der Waals surface area contributed by atoms with Gasteiger partial charge in [0.15, 0.2) is 0 Å². The molecule has 5 heteroatoms. The largest absolute Gasteiger partial charge is 0.351 e. The summed E-state index contributed by atoms with van der Waals surface area (Å²) >= 11 is 9.06. The highest BCUT2D eigenvalue weighted by atomic mass is 79.9. The zero-order chi connectivity index (χ0) is 14.5. The van der Waals surface area contributed by atoms with E-state index in [1.165, 1.54) is 18.2 Å². The van der Waals surface area contributed by atoms with Crippen molar-refractivity contribution in [2.75, 3.05) is 12.4 Å². The molecule has 0 unspecified atom stereocenters. The van der Waals surface area contributed by atoms with Gasteiger partial charge in [0.25, 0.3) is 5.91 Å². The number of carbonyl (C=O) groups excluding carboxylic acids is 1. The SMILES string of the molecule is CCC(CC)(CCl)CNC(=O)c1ccc(F)c(Br)c1. The van der Waals surface area contributed by atoms with Crippen LogP contribution in [-0.2, 0) is 0 Å². The first-order chi connectivity index (χ1) is 8.98. The van der Waals surface area contributed by atoms with Crippen molar-refractivity contribution in [3.8, 4) is 0 Å². The van der Waals surface area contributed by atoms with Crippen LogP contribution >= 0.6 is 27.5 Å². The molecular weight excluding hydrogens is 333 g/mol. The van der Waals surface area contributed by atoms with E-state index >= 15 is 0 Å². The molecule has 0 aliphatic rings. The molecule has 106 valence electrons. The summed E-state index contributed by atoms with van der Waals surface area (Å²) in [6, 6.07) is 4.22. The van der Waals surface area contributed by atoms with Crippen LogP contribution < -0.4 is 5.32 Å². The Balaban J connectivity index is 2.72. The van der Waals surface area contributed by atoms with Crippen molar-refractivity contribution in [2.45, 2.75) is 26.7 Å². The van der Waals surface area contributed by atoms with Crippen molar-refractivity contribution < 1.29 is 9.18 Å². The first-order valence-corrected chi connectivity index (χ1v) is 7.60. The first kappa shape index (κ1) is 16.4. The molecule has 1 N–H and O–H groups in total. The number of rotatable bonds is 6. The fourth-order valence-electron chi connectivity index (χ4n) is 1.74. The highest BCUT2D eigenvalue weighted by Crippen LogP contribution is 2.27. The number of hydrogen-bond donors (Lipinski definition) is 1. The number of amides is 1. The number of alkyl halides is 1. The van der Waals surface area contributed by atoms with E-state index in [9.17, 15) is 9.18 Å². The fourth-order valence-corrected chi connectivity index (χ4v) is 2.59. The number of halogens is 3. The molecule has 1 rings (SSSR count). The molecule has 0 aliphatic heterocycles. The van der Waals surface area contributed by atoms with Crippen LogP contribution in [0.3, 0.4) is 0 Å². The first-order valence-electron chi connectivity index (χ1n) is 6.27. The van der Waals surface area contributed by atoms with Crippen LogP contribution in [-0.4, -0.2) is 18.3 Å².